The van der Waals surface area contributed by atoms with Crippen LogP contribution in [0.25, 0.3) is 0 Å². The summed E-state index contributed by atoms with van der Waals surface area (Å²) in [6.07, 6.45) is 11.8. The Kier molecular flexibility index (Phi) is 5.52. The Labute approximate surface area is 141 Å². The van der Waals surface area contributed by atoms with Crippen LogP contribution in [0.4, 0.5) is 0 Å². The second-order valence-electron chi connectivity index (χ2n) is 9.18. The van der Waals surface area contributed by atoms with E-state index in [1.54, 1.807) is 0 Å². The highest BCUT2D eigenvalue weighted by atomic mass is 127. The first kappa shape index (κ1) is 17.1. The average Bonchev–Trinajstić information content (AvgIpc) is 2.38. The summed E-state index contributed by atoms with van der Waals surface area (Å²) < 4.78 is 0.955. The van der Waals surface area contributed by atoms with Gasteiger partial charge in [0.25, 0.3) is 0 Å². The number of rotatable bonds is 2. The molecule has 2 saturated carbocycles. The first-order valence-electron chi connectivity index (χ1n) is 8.85. The van der Waals surface area contributed by atoms with Crippen LogP contribution in [-0.2, 0) is 0 Å². The highest BCUT2D eigenvalue weighted by Crippen LogP contribution is 2.51. The van der Waals surface area contributed by atoms with Crippen LogP contribution in [-0.4, -0.2) is 3.92 Å². The van der Waals surface area contributed by atoms with Gasteiger partial charge in [-0.2, -0.15) is 0 Å². The summed E-state index contributed by atoms with van der Waals surface area (Å²) in [5, 5.41) is 0. The van der Waals surface area contributed by atoms with Crippen molar-refractivity contribution in [2.75, 3.05) is 0 Å². The molecule has 0 aromatic heterocycles. The molecule has 0 amide bonds. The second kappa shape index (κ2) is 6.46. The van der Waals surface area contributed by atoms with Crippen molar-refractivity contribution < 1.29 is 0 Å². The predicted octanol–water partition coefficient (Wildman–Crippen LogP) is 6.86. The number of hydrogen-bond acceptors (Lipinski definition) is 0. The molecule has 0 aromatic carbocycles. The van der Waals surface area contributed by atoms with Gasteiger partial charge < -0.3 is 0 Å². The van der Waals surface area contributed by atoms with Gasteiger partial charge in [0.15, 0.2) is 0 Å². The van der Waals surface area contributed by atoms with Crippen LogP contribution in [0.15, 0.2) is 0 Å². The maximum absolute atomic E-state index is 2.66. The fraction of sp³-hybridized carbons (Fsp3) is 1.00. The van der Waals surface area contributed by atoms with Gasteiger partial charge in [-0.15, -0.1) is 0 Å². The van der Waals surface area contributed by atoms with Crippen LogP contribution >= 0.6 is 22.6 Å². The lowest BCUT2D eigenvalue weighted by molar-refractivity contribution is 0.0320. The Morgan fingerprint density at radius 1 is 0.600 bits per heavy atom. The van der Waals surface area contributed by atoms with Gasteiger partial charge in [-0.3, -0.25) is 0 Å². The smallest absolute Gasteiger partial charge is 0.0110 e. The van der Waals surface area contributed by atoms with Gasteiger partial charge >= 0.3 is 0 Å². The Hall–Kier alpha value is 0.730. The third kappa shape index (κ3) is 3.93. The van der Waals surface area contributed by atoms with Crippen molar-refractivity contribution in [2.24, 2.45) is 28.6 Å². The maximum atomic E-state index is 2.66. The summed E-state index contributed by atoms with van der Waals surface area (Å²) in [5.41, 5.74) is 1.11. The quantitative estimate of drug-likeness (QED) is 0.357. The molecule has 2 rings (SSSR count). The largest absolute Gasteiger partial charge is 0.0826 e. The molecule has 1 heteroatoms. The maximum Gasteiger partial charge on any atom is 0.0110 e. The second-order valence-corrected chi connectivity index (χ2v) is 10.9. The summed E-state index contributed by atoms with van der Waals surface area (Å²) in [6, 6.07) is 0. The molecular weight excluding hydrogens is 355 g/mol. The van der Waals surface area contributed by atoms with Crippen LogP contribution < -0.4 is 0 Å². The lowest BCUT2D eigenvalue weighted by Gasteiger charge is -2.48. The molecule has 0 saturated heterocycles. The van der Waals surface area contributed by atoms with Crippen molar-refractivity contribution >= 4 is 22.6 Å². The van der Waals surface area contributed by atoms with E-state index in [-0.39, 0.29) is 0 Å². The Morgan fingerprint density at radius 3 is 1.35 bits per heavy atom. The molecule has 20 heavy (non-hydrogen) atoms. The van der Waals surface area contributed by atoms with Crippen molar-refractivity contribution in [2.45, 2.75) is 89.9 Å². The van der Waals surface area contributed by atoms with E-state index in [1.807, 2.05) is 0 Å². The van der Waals surface area contributed by atoms with Crippen LogP contribution in [0.1, 0.15) is 86.0 Å². The van der Waals surface area contributed by atoms with Gasteiger partial charge in [0, 0.05) is 3.92 Å². The minimum absolute atomic E-state index is 0.522. The van der Waals surface area contributed by atoms with E-state index in [0.717, 1.165) is 21.7 Å². The predicted molar refractivity (Wildman–Crippen MR) is 98.5 cm³/mol. The molecule has 0 nitrogen and oxygen atoms in total. The Morgan fingerprint density at radius 2 is 0.950 bits per heavy atom. The van der Waals surface area contributed by atoms with Gasteiger partial charge in [0.05, 0.1) is 0 Å². The molecule has 2 aliphatic rings. The van der Waals surface area contributed by atoms with E-state index in [9.17, 15) is 0 Å². The van der Waals surface area contributed by atoms with Crippen molar-refractivity contribution in [3.63, 3.8) is 0 Å². The van der Waals surface area contributed by atoms with Gasteiger partial charge in [0.2, 0.25) is 0 Å². The molecule has 2 aliphatic carbocycles. The minimum atomic E-state index is 0.522. The SMILES string of the molecule is CC(C)(C)C1CCC(C(C)(C)C2CCC(I)CC2)CC1. The molecule has 0 N–H and O–H groups in total. The summed E-state index contributed by atoms with van der Waals surface area (Å²) in [6.45, 7) is 12.5. The van der Waals surface area contributed by atoms with E-state index in [4.69, 9.17) is 0 Å². The van der Waals surface area contributed by atoms with E-state index in [2.05, 4.69) is 57.2 Å². The Bertz CT molecular complexity index is 296. The first-order valence-corrected chi connectivity index (χ1v) is 10.1. The van der Waals surface area contributed by atoms with E-state index >= 15 is 0 Å². The van der Waals surface area contributed by atoms with Crippen LogP contribution in [0, 0.1) is 28.6 Å². The zero-order chi connectivity index (χ0) is 15.0. The highest BCUT2D eigenvalue weighted by Gasteiger charge is 2.41. The van der Waals surface area contributed by atoms with Crippen LogP contribution in [0.2, 0.25) is 0 Å². The molecule has 0 radical (unpaired) electrons. The number of hydrogen-bond donors (Lipinski definition) is 0. The zero-order valence-electron chi connectivity index (χ0n) is 14.3. The minimum Gasteiger partial charge on any atom is -0.0826 e. The molecule has 0 aliphatic heterocycles. The van der Waals surface area contributed by atoms with E-state index in [1.165, 1.54) is 51.4 Å². The van der Waals surface area contributed by atoms with Gasteiger partial charge in [-0.1, -0.05) is 57.2 Å². The number of alkyl halides is 1. The van der Waals surface area contributed by atoms with E-state index < -0.39 is 0 Å². The standard InChI is InChI=1S/C19H35I/c1-18(2,3)14-6-8-15(9-7-14)19(4,5)16-10-12-17(20)13-11-16/h14-17H,6-13H2,1-5H3. The van der Waals surface area contributed by atoms with E-state index in [0.29, 0.717) is 10.8 Å². The fourth-order valence-electron chi connectivity index (χ4n) is 4.83. The number of halogens is 1. The zero-order valence-corrected chi connectivity index (χ0v) is 16.5. The monoisotopic (exact) mass is 390 g/mol. The van der Waals surface area contributed by atoms with Gasteiger partial charge in [-0.05, 0) is 80.0 Å². The molecule has 2 fully saturated rings. The lowest BCUT2D eigenvalue weighted by atomic mass is 9.58. The molecule has 0 bridgehead atoms. The van der Waals surface area contributed by atoms with Crippen LogP contribution in [0.5, 0.6) is 0 Å². The molecule has 0 aromatic rings. The average molecular weight is 390 g/mol. The van der Waals surface area contributed by atoms with Gasteiger partial charge in [0.1, 0.15) is 0 Å². The topological polar surface area (TPSA) is 0 Å². The highest BCUT2D eigenvalue weighted by molar-refractivity contribution is 14.1. The molecule has 0 spiro atoms. The van der Waals surface area contributed by atoms with Crippen LogP contribution in [0.3, 0.4) is 0 Å². The van der Waals surface area contributed by atoms with Crippen molar-refractivity contribution in [3.8, 4) is 0 Å². The summed E-state index contributed by atoms with van der Waals surface area (Å²) >= 11 is 2.66. The van der Waals surface area contributed by atoms with Crippen molar-refractivity contribution in [1.29, 1.82) is 0 Å². The van der Waals surface area contributed by atoms with Crippen molar-refractivity contribution in [1.82, 2.24) is 0 Å². The lowest BCUT2D eigenvalue weighted by Crippen LogP contribution is -2.38. The molecule has 0 atom stereocenters. The molecule has 118 valence electrons. The normalized spacial score (nSPS) is 36.9. The first-order chi connectivity index (χ1) is 9.21. The van der Waals surface area contributed by atoms with Gasteiger partial charge in [-0.25, -0.2) is 0 Å². The molecule has 0 heterocycles. The molecule has 0 unspecified atom stereocenters. The third-order valence-corrected chi connectivity index (χ3v) is 7.96. The summed E-state index contributed by atoms with van der Waals surface area (Å²) in [5.74, 6) is 2.93. The van der Waals surface area contributed by atoms with Crippen molar-refractivity contribution in [3.05, 3.63) is 0 Å². The fourth-order valence-corrected chi connectivity index (χ4v) is 5.55. The molecular formula is C19H35I. The summed E-state index contributed by atoms with van der Waals surface area (Å²) in [7, 11) is 0. The summed E-state index contributed by atoms with van der Waals surface area (Å²) in [4.78, 5) is 0. The third-order valence-electron chi connectivity index (χ3n) is 6.71. The Balaban J connectivity index is 1.91.